The van der Waals surface area contributed by atoms with Crippen LogP contribution < -0.4 is 5.32 Å². The Balaban J connectivity index is 1.75. The zero-order chi connectivity index (χ0) is 20.1. The summed E-state index contributed by atoms with van der Waals surface area (Å²) in [5.41, 5.74) is 4.25. The molecule has 0 bridgehead atoms. The van der Waals surface area contributed by atoms with E-state index >= 15 is 0 Å². The van der Waals surface area contributed by atoms with Crippen LogP contribution in [0.3, 0.4) is 0 Å². The van der Waals surface area contributed by atoms with Gasteiger partial charge in [0.25, 0.3) is 0 Å². The van der Waals surface area contributed by atoms with Crippen LogP contribution in [0.2, 0.25) is 0 Å². The molecule has 0 saturated heterocycles. The Morgan fingerprint density at radius 1 is 1.44 bits per heavy atom. The lowest BCUT2D eigenvalue weighted by molar-refractivity contribution is 0.193. The second kappa shape index (κ2) is 6.23. The van der Waals surface area contributed by atoms with Crippen LogP contribution in [0.1, 0.15) is 29.1 Å². The smallest absolute Gasteiger partial charge is 0.317 e. The molecule has 2 atom stereocenters. The number of hydrogen-bond donors (Lipinski definition) is 2. The van der Waals surface area contributed by atoms with Crippen molar-refractivity contribution in [2.24, 2.45) is 0 Å². The Kier molecular flexibility index (Phi) is 3.24. The summed E-state index contributed by atoms with van der Waals surface area (Å²) in [4.78, 5) is 19.1. The van der Waals surface area contributed by atoms with Crippen LogP contribution in [0.25, 0.3) is 16.5 Å². The van der Waals surface area contributed by atoms with E-state index < -0.39 is 6.98 Å². The van der Waals surface area contributed by atoms with Gasteiger partial charge in [-0.2, -0.15) is 0 Å². The fourth-order valence-electron chi connectivity index (χ4n) is 4.09. The summed E-state index contributed by atoms with van der Waals surface area (Å²) in [5.74, 6) is 0. The number of benzene rings is 1. The van der Waals surface area contributed by atoms with Crippen molar-refractivity contribution in [3.05, 3.63) is 41.6 Å². The molecule has 0 spiro atoms. The summed E-state index contributed by atoms with van der Waals surface area (Å²) in [6, 6.07) is 5.33. The van der Waals surface area contributed by atoms with Crippen molar-refractivity contribution in [3.63, 3.8) is 0 Å². The predicted molar refractivity (Wildman–Crippen MR) is 102 cm³/mol. The Labute approximate surface area is 152 Å². The SMILES string of the molecule is [2H]C([2H])([2H])N1C[C@@H](NC(=O)N(CC)CC)C=C2c3cccc4[nH]cc(c34)C[C@H]21. The predicted octanol–water partition coefficient (Wildman–Crippen LogP) is 2.84. The topological polar surface area (TPSA) is 51.4 Å². The number of hydrogen-bond acceptors (Lipinski definition) is 2. The molecule has 2 N–H and O–H groups in total. The standard InChI is InChI=1S/C20H26N4O/c1-4-24(5-2)20(25)22-14-10-16-15-7-6-8-17-19(15)13(11-21-17)9-18(16)23(3)12-14/h6-8,10-11,14,18,21H,4-5,9,12H2,1-3H3,(H,22,25)/t14-,18+/m0/s1/i3D3. The Hall–Kier alpha value is -2.27. The number of H-pyrrole nitrogens is 1. The van der Waals surface area contributed by atoms with Gasteiger partial charge in [0.15, 0.2) is 0 Å². The minimum absolute atomic E-state index is 0.160. The van der Waals surface area contributed by atoms with Gasteiger partial charge in [0.05, 0.1) is 6.04 Å². The maximum atomic E-state index is 12.6. The highest BCUT2D eigenvalue weighted by molar-refractivity contribution is 5.98. The van der Waals surface area contributed by atoms with Gasteiger partial charge >= 0.3 is 6.03 Å². The largest absolute Gasteiger partial charge is 0.361 e. The normalized spacial score (nSPS) is 24.7. The quantitative estimate of drug-likeness (QED) is 0.902. The first-order chi connectivity index (χ1) is 13.3. The van der Waals surface area contributed by atoms with Gasteiger partial charge in [-0.25, -0.2) is 4.79 Å². The lowest BCUT2D eigenvalue weighted by Gasteiger charge is -2.40. The second-order valence-electron chi connectivity index (χ2n) is 6.76. The van der Waals surface area contributed by atoms with E-state index in [1.165, 1.54) is 0 Å². The molecular formula is C20H26N4O. The van der Waals surface area contributed by atoms with Gasteiger partial charge in [0, 0.05) is 46.9 Å². The van der Waals surface area contributed by atoms with Gasteiger partial charge in [-0.15, -0.1) is 0 Å². The van der Waals surface area contributed by atoms with Crippen molar-refractivity contribution in [2.45, 2.75) is 32.4 Å². The molecule has 25 heavy (non-hydrogen) atoms. The van der Waals surface area contributed by atoms with Crippen molar-refractivity contribution in [1.29, 1.82) is 0 Å². The summed E-state index contributed by atoms with van der Waals surface area (Å²) < 4.78 is 24.2. The van der Waals surface area contributed by atoms with E-state index in [0.29, 0.717) is 19.5 Å². The van der Waals surface area contributed by atoms with Gasteiger partial charge in [-0.1, -0.05) is 18.2 Å². The van der Waals surface area contributed by atoms with Crippen LogP contribution in [-0.2, 0) is 6.42 Å². The zero-order valence-electron chi connectivity index (χ0n) is 17.7. The summed E-state index contributed by atoms with van der Waals surface area (Å²) in [6.45, 7) is 3.13. The average Bonchev–Trinajstić information content (AvgIpc) is 3.06. The van der Waals surface area contributed by atoms with Gasteiger partial charge in [-0.05, 0) is 50.0 Å². The van der Waals surface area contributed by atoms with Crippen molar-refractivity contribution in [1.82, 2.24) is 20.1 Å². The molecule has 132 valence electrons. The van der Waals surface area contributed by atoms with Gasteiger partial charge < -0.3 is 15.2 Å². The zero-order valence-corrected chi connectivity index (χ0v) is 14.7. The number of nitrogens with zero attached hydrogens (tertiary/aromatic N) is 2. The number of rotatable bonds is 3. The van der Waals surface area contributed by atoms with Crippen LogP contribution in [0.5, 0.6) is 0 Å². The molecule has 0 saturated carbocycles. The van der Waals surface area contributed by atoms with Gasteiger partial charge in [0.1, 0.15) is 0 Å². The lowest BCUT2D eigenvalue weighted by atomic mass is 9.81. The van der Waals surface area contributed by atoms with Crippen LogP contribution in [0.15, 0.2) is 30.5 Å². The fraction of sp³-hybridized carbons (Fsp3) is 0.450. The first-order valence-corrected chi connectivity index (χ1v) is 8.96. The number of aromatic nitrogens is 1. The number of aromatic amines is 1. The average molecular weight is 341 g/mol. The van der Waals surface area contributed by atoms with Crippen LogP contribution in [0, 0.1) is 0 Å². The highest BCUT2D eigenvalue weighted by Gasteiger charge is 2.34. The minimum Gasteiger partial charge on any atom is -0.361 e. The van der Waals surface area contributed by atoms with Crippen molar-refractivity contribution in [2.75, 3.05) is 26.6 Å². The molecular weight excluding hydrogens is 312 g/mol. The van der Waals surface area contributed by atoms with Crippen LogP contribution in [0.4, 0.5) is 4.79 Å². The van der Waals surface area contributed by atoms with E-state index in [1.54, 1.807) is 9.80 Å². The molecule has 4 rings (SSSR count). The molecule has 0 unspecified atom stereocenters. The van der Waals surface area contributed by atoms with Gasteiger partial charge in [0.2, 0.25) is 0 Å². The van der Waals surface area contributed by atoms with Gasteiger partial charge in [-0.3, -0.25) is 4.90 Å². The number of likely N-dealkylation sites (N-methyl/N-ethyl adjacent to an activating group) is 1. The Morgan fingerprint density at radius 3 is 3.04 bits per heavy atom. The van der Waals surface area contributed by atoms with Crippen molar-refractivity contribution < 1.29 is 8.91 Å². The van der Waals surface area contributed by atoms with E-state index in [4.69, 9.17) is 4.11 Å². The molecule has 2 aromatic rings. The summed E-state index contributed by atoms with van der Waals surface area (Å²) in [6.07, 6.45) is 4.69. The highest BCUT2D eigenvalue weighted by atomic mass is 16.2. The monoisotopic (exact) mass is 341 g/mol. The third-order valence-corrected chi connectivity index (χ3v) is 5.38. The third kappa shape index (κ3) is 2.63. The van der Waals surface area contributed by atoms with E-state index in [0.717, 1.165) is 27.6 Å². The summed E-state index contributed by atoms with van der Waals surface area (Å²) in [5, 5.41) is 4.18. The Bertz CT molecular complexity index is 929. The molecule has 1 aromatic heterocycles. The molecule has 5 heteroatoms. The van der Waals surface area contributed by atoms with Crippen molar-refractivity contribution >= 4 is 22.5 Å². The minimum atomic E-state index is -2.23. The van der Waals surface area contributed by atoms with Crippen LogP contribution in [-0.4, -0.2) is 59.5 Å². The number of fused-ring (bicyclic) bond motifs is 2. The number of carbonyl (C=O) groups is 1. The second-order valence-corrected chi connectivity index (χ2v) is 6.76. The fourth-order valence-corrected chi connectivity index (χ4v) is 4.09. The molecule has 1 aliphatic heterocycles. The Morgan fingerprint density at radius 2 is 2.28 bits per heavy atom. The molecule has 5 nitrogen and oxygen atoms in total. The third-order valence-electron chi connectivity index (χ3n) is 5.38. The van der Waals surface area contributed by atoms with E-state index in [2.05, 4.69) is 16.4 Å². The lowest BCUT2D eigenvalue weighted by Crippen LogP contribution is -2.52. The molecule has 2 amide bonds. The molecule has 1 aliphatic carbocycles. The maximum Gasteiger partial charge on any atom is 0.317 e. The highest BCUT2D eigenvalue weighted by Crippen LogP contribution is 2.39. The molecule has 1 aromatic carbocycles. The maximum absolute atomic E-state index is 12.6. The molecule has 0 fully saturated rings. The molecule has 2 aliphatic rings. The van der Waals surface area contributed by atoms with E-state index in [1.807, 2.05) is 38.2 Å². The summed E-state index contributed by atoms with van der Waals surface area (Å²) >= 11 is 0. The number of amides is 2. The summed E-state index contributed by atoms with van der Waals surface area (Å²) in [7, 11) is 0. The van der Waals surface area contributed by atoms with E-state index in [9.17, 15) is 4.79 Å². The first kappa shape index (κ1) is 13.0. The number of urea groups is 1. The first-order valence-electron chi connectivity index (χ1n) is 10.5. The number of carbonyl (C=O) groups excluding carboxylic acids is 1. The van der Waals surface area contributed by atoms with E-state index in [-0.39, 0.29) is 24.7 Å². The molecule has 0 radical (unpaired) electrons. The van der Waals surface area contributed by atoms with Crippen LogP contribution >= 0.6 is 0 Å². The van der Waals surface area contributed by atoms with Crippen molar-refractivity contribution in [3.8, 4) is 0 Å². The number of nitrogens with one attached hydrogen (secondary N) is 2. The molecule has 2 heterocycles.